The number of hydrogen-bond acceptors (Lipinski definition) is 4. The minimum absolute atomic E-state index is 0.276. The summed E-state index contributed by atoms with van der Waals surface area (Å²) in [5.74, 6) is 1.52. The van der Waals surface area contributed by atoms with Crippen LogP contribution in [0.3, 0.4) is 0 Å². The van der Waals surface area contributed by atoms with Crippen molar-refractivity contribution >= 4 is 11.8 Å². The van der Waals surface area contributed by atoms with Crippen LogP contribution in [0, 0.1) is 0 Å². The lowest BCUT2D eigenvalue weighted by Crippen LogP contribution is -1.93. The Morgan fingerprint density at radius 1 is 1.31 bits per heavy atom. The monoisotopic (exact) mass is 219 g/mol. The molecule has 4 heteroatoms. The van der Waals surface area contributed by atoms with Crippen molar-refractivity contribution in [1.29, 1.82) is 0 Å². The van der Waals surface area contributed by atoms with Gasteiger partial charge in [0.1, 0.15) is 0 Å². The van der Waals surface area contributed by atoms with Gasteiger partial charge < -0.3 is 14.7 Å². The SMILES string of the molecule is CC(=C/c1ccc2c(c1)OCO2)/C(C)=N/O. The molecule has 0 fully saturated rings. The number of nitrogens with zero attached hydrogens (tertiary/aromatic N) is 1. The molecule has 0 amide bonds. The van der Waals surface area contributed by atoms with Gasteiger partial charge in [0.05, 0.1) is 5.71 Å². The van der Waals surface area contributed by atoms with Gasteiger partial charge in [-0.05, 0) is 43.2 Å². The molecule has 0 aliphatic carbocycles. The summed E-state index contributed by atoms with van der Waals surface area (Å²) in [5, 5.41) is 11.8. The lowest BCUT2D eigenvalue weighted by molar-refractivity contribution is 0.174. The summed E-state index contributed by atoms with van der Waals surface area (Å²) >= 11 is 0. The van der Waals surface area contributed by atoms with Crippen molar-refractivity contribution in [3.63, 3.8) is 0 Å². The first-order valence-corrected chi connectivity index (χ1v) is 4.97. The van der Waals surface area contributed by atoms with Gasteiger partial charge in [-0.15, -0.1) is 0 Å². The van der Waals surface area contributed by atoms with Crippen LogP contribution in [-0.2, 0) is 0 Å². The highest BCUT2D eigenvalue weighted by atomic mass is 16.7. The van der Waals surface area contributed by atoms with Crippen LogP contribution in [0.15, 0.2) is 28.9 Å². The fourth-order valence-electron chi connectivity index (χ4n) is 1.44. The number of hydrogen-bond donors (Lipinski definition) is 1. The molecule has 0 aromatic heterocycles. The molecule has 0 saturated heterocycles. The highest BCUT2D eigenvalue weighted by Gasteiger charge is 2.12. The molecular weight excluding hydrogens is 206 g/mol. The van der Waals surface area contributed by atoms with Gasteiger partial charge in [-0.3, -0.25) is 0 Å². The minimum atomic E-state index is 0.276. The van der Waals surface area contributed by atoms with Crippen molar-refractivity contribution in [1.82, 2.24) is 0 Å². The van der Waals surface area contributed by atoms with Gasteiger partial charge in [0, 0.05) is 0 Å². The van der Waals surface area contributed by atoms with Crippen LogP contribution in [0.25, 0.3) is 6.08 Å². The molecule has 1 N–H and O–H groups in total. The Balaban J connectivity index is 2.29. The Bertz CT molecular complexity index is 463. The third-order valence-electron chi connectivity index (χ3n) is 2.50. The summed E-state index contributed by atoms with van der Waals surface area (Å²) in [6.45, 7) is 3.91. The third-order valence-corrected chi connectivity index (χ3v) is 2.50. The largest absolute Gasteiger partial charge is 0.454 e. The van der Waals surface area contributed by atoms with Crippen LogP contribution in [0.2, 0.25) is 0 Å². The van der Waals surface area contributed by atoms with Crippen LogP contribution >= 0.6 is 0 Å². The average molecular weight is 219 g/mol. The van der Waals surface area contributed by atoms with E-state index in [0.717, 1.165) is 22.6 Å². The van der Waals surface area contributed by atoms with Gasteiger partial charge >= 0.3 is 0 Å². The molecule has 0 saturated carbocycles. The minimum Gasteiger partial charge on any atom is -0.454 e. The summed E-state index contributed by atoms with van der Waals surface area (Å²) in [6, 6.07) is 5.70. The number of fused-ring (bicyclic) bond motifs is 1. The Kier molecular flexibility index (Phi) is 2.81. The van der Waals surface area contributed by atoms with E-state index in [2.05, 4.69) is 5.16 Å². The molecule has 84 valence electrons. The number of ether oxygens (including phenoxy) is 2. The summed E-state index contributed by atoms with van der Waals surface area (Å²) < 4.78 is 10.5. The maximum absolute atomic E-state index is 8.64. The quantitative estimate of drug-likeness (QED) is 0.472. The number of rotatable bonds is 2. The van der Waals surface area contributed by atoms with Crippen molar-refractivity contribution in [2.24, 2.45) is 5.16 Å². The van der Waals surface area contributed by atoms with E-state index >= 15 is 0 Å². The van der Waals surface area contributed by atoms with E-state index in [1.165, 1.54) is 0 Å². The van der Waals surface area contributed by atoms with E-state index < -0.39 is 0 Å². The predicted octanol–water partition coefficient (Wildman–Crippen LogP) is 2.67. The Hall–Kier alpha value is -1.97. The third kappa shape index (κ3) is 2.00. The fraction of sp³-hybridized carbons (Fsp3) is 0.250. The van der Waals surface area contributed by atoms with Crippen LogP contribution in [0.4, 0.5) is 0 Å². The van der Waals surface area contributed by atoms with Crippen molar-refractivity contribution in [3.8, 4) is 11.5 Å². The number of allylic oxidation sites excluding steroid dienone is 1. The Morgan fingerprint density at radius 3 is 2.81 bits per heavy atom. The van der Waals surface area contributed by atoms with Crippen LogP contribution < -0.4 is 9.47 Å². The summed E-state index contributed by atoms with van der Waals surface area (Å²) in [4.78, 5) is 0. The van der Waals surface area contributed by atoms with E-state index in [1.807, 2.05) is 31.2 Å². The summed E-state index contributed by atoms with van der Waals surface area (Å²) in [6.07, 6.45) is 1.93. The average Bonchev–Trinajstić information content (AvgIpc) is 2.75. The summed E-state index contributed by atoms with van der Waals surface area (Å²) in [5.41, 5.74) is 2.49. The number of oxime groups is 1. The zero-order valence-corrected chi connectivity index (χ0v) is 9.23. The normalized spacial score (nSPS) is 15.4. The maximum Gasteiger partial charge on any atom is 0.231 e. The van der Waals surface area contributed by atoms with Gasteiger partial charge in [0.2, 0.25) is 6.79 Å². The van der Waals surface area contributed by atoms with Crippen molar-refractivity contribution in [2.75, 3.05) is 6.79 Å². The molecular formula is C12H13NO3. The number of benzene rings is 1. The van der Waals surface area contributed by atoms with Gasteiger partial charge in [-0.25, -0.2) is 0 Å². The van der Waals surface area contributed by atoms with E-state index in [-0.39, 0.29) is 6.79 Å². The van der Waals surface area contributed by atoms with Crippen LogP contribution in [0.5, 0.6) is 11.5 Å². The molecule has 16 heavy (non-hydrogen) atoms. The van der Waals surface area contributed by atoms with Crippen LogP contribution in [0.1, 0.15) is 19.4 Å². The molecule has 0 atom stereocenters. The van der Waals surface area contributed by atoms with Crippen molar-refractivity contribution in [3.05, 3.63) is 29.3 Å². The highest BCUT2D eigenvalue weighted by Crippen LogP contribution is 2.33. The molecule has 4 nitrogen and oxygen atoms in total. The van der Waals surface area contributed by atoms with E-state index in [0.29, 0.717) is 5.71 Å². The Morgan fingerprint density at radius 2 is 2.06 bits per heavy atom. The van der Waals surface area contributed by atoms with E-state index in [9.17, 15) is 0 Å². The fourth-order valence-corrected chi connectivity index (χ4v) is 1.44. The first kappa shape index (κ1) is 10.5. The first-order valence-electron chi connectivity index (χ1n) is 4.97. The smallest absolute Gasteiger partial charge is 0.231 e. The molecule has 0 spiro atoms. The first-order chi connectivity index (χ1) is 7.70. The molecule has 1 aliphatic heterocycles. The van der Waals surface area contributed by atoms with Gasteiger partial charge in [-0.2, -0.15) is 0 Å². The van der Waals surface area contributed by atoms with Crippen molar-refractivity contribution < 1.29 is 14.7 Å². The van der Waals surface area contributed by atoms with Gasteiger partial charge in [-0.1, -0.05) is 11.2 Å². The topological polar surface area (TPSA) is 51.0 Å². The highest BCUT2D eigenvalue weighted by molar-refractivity contribution is 6.01. The molecule has 0 radical (unpaired) electrons. The standard InChI is InChI=1S/C12H13NO3/c1-8(9(2)13-14)5-10-3-4-11-12(6-10)16-7-15-11/h3-6,14H,7H2,1-2H3/b8-5-,13-9+. The van der Waals surface area contributed by atoms with Gasteiger partial charge in [0.25, 0.3) is 0 Å². The molecule has 0 bridgehead atoms. The second-order valence-electron chi connectivity index (χ2n) is 3.63. The lowest BCUT2D eigenvalue weighted by Gasteiger charge is -2.00. The van der Waals surface area contributed by atoms with Crippen LogP contribution in [-0.4, -0.2) is 17.7 Å². The lowest BCUT2D eigenvalue weighted by atomic mass is 10.1. The molecule has 1 aliphatic rings. The van der Waals surface area contributed by atoms with E-state index in [4.69, 9.17) is 14.7 Å². The zero-order valence-electron chi connectivity index (χ0n) is 9.23. The molecule has 0 unspecified atom stereocenters. The zero-order chi connectivity index (χ0) is 11.5. The van der Waals surface area contributed by atoms with E-state index in [1.54, 1.807) is 6.92 Å². The molecule has 1 aromatic rings. The molecule has 2 rings (SSSR count). The maximum atomic E-state index is 8.64. The molecule has 1 heterocycles. The second kappa shape index (κ2) is 4.26. The second-order valence-corrected chi connectivity index (χ2v) is 3.63. The molecule has 1 aromatic carbocycles. The van der Waals surface area contributed by atoms with Crippen molar-refractivity contribution in [2.45, 2.75) is 13.8 Å². The Labute approximate surface area is 93.8 Å². The summed E-state index contributed by atoms with van der Waals surface area (Å²) in [7, 11) is 0. The van der Waals surface area contributed by atoms with Gasteiger partial charge in [0.15, 0.2) is 11.5 Å². The predicted molar refractivity (Wildman–Crippen MR) is 61.1 cm³/mol.